The Labute approximate surface area is 168 Å². The number of ether oxygens (including phenoxy) is 1. The maximum atomic E-state index is 12.4. The van der Waals surface area contributed by atoms with Crippen molar-refractivity contribution in [3.63, 3.8) is 0 Å². The van der Waals surface area contributed by atoms with Crippen molar-refractivity contribution in [2.45, 2.75) is 37.9 Å². The van der Waals surface area contributed by atoms with E-state index in [1.807, 2.05) is 24.3 Å². The molecule has 3 aromatic rings. The molecule has 1 aromatic carbocycles. The zero-order chi connectivity index (χ0) is 20.6. The summed E-state index contributed by atoms with van der Waals surface area (Å²) in [6, 6.07) is 7.45. The number of amides is 1. The number of para-hydroxylation sites is 2. The van der Waals surface area contributed by atoms with Crippen LogP contribution in [0.5, 0.6) is 5.19 Å². The molecule has 6 nitrogen and oxygen atoms in total. The molecule has 154 valence electrons. The van der Waals surface area contributed by atoms with E-state index in [1.165, 1.54) is 6.20 Å². The van der Waals surface area contributed by atoms with E-state index >= 15 is 0 Å². The molecule has 0 unspecified atom stereocenters. The minimum atomic E-state index is -4.41. The lowest BCUT2D eigenvalue weighted by atomic mass is 10.2. The largest absolute Gasteiger partial charge is 0.460 e. The summed E-state index contributed by atoms with van der Waals surface area (Å²) >= 11 is 0.995. The standard InChI is InChI=1S/C19H19F3N4O2S/c1-10(15-8-23-18(29-15)28-9-19(20,21)22)24-16(27)7-11-6-12(11)17-25-13-4-2-3-5-14(13)26-17/h2-5,8,10-12H,6-7,9H2,1H3,(H,24,27)(H,25,26)/t10-,11-,12+/m0/s1. The van der Waals surface area contributed by atoms with E-state index in [2.05, 4.69) is 25.0 Å². The van der Waals surface area contributed by atoms with Gasteiger partial charge in [0.25, 0.3) is 5.19 Å². The number of nitrogens with one attached hydrogen (secondary N) is 2. The van der Waals surface area contributed by atoms with Gasteiger partial charge in [0.05, 0.1) is 22.0 Å². The van der Waals surface area contributed by atoms with Gasteiger partial charge in [-0.15, -0.1) is 0 Å². The summed E-state index contributed by atoms with van der Waals surface area (Å²) in [4.78, 5) is 24.7. The van der Waals surface area contributed by atoms with Crippen molar-refractivity contribution < 1.29 is 22.7 Å². The SMILES string of the molecule is C[C@H](NC(=O)C[C@@H]1C[C@H]1c1nc2ccccc2[nH]1)c1cnc(OCC(F)(F)F)s1. The number of carbonyl (C=O) groups excluding carboxylic acids is 1. The molecule has 1 amide bonds. The number of carbonyl (C=O) groups is 1. The third-order valence-electron chi connectivity index (χ3n) is 4.80. The molecular weight excluding hydrogens is 405 g/mol. The van der Waals surface area contributed by atoms with E-state index in [0.717, 1.165) is 34.6 Å². The van der Waals surface area contributed by atoms with Crippen molar-refractivity contribution in [2.75, 3.05) is 6.61 Å². The Morgan fingerprint density at radius 3 is 2.97 bits per heavy atom. The molecule has 0 saturated heterocycles. The Bertz CT molecular complexity index is 983. The first-order valence-electron chi connectivity index (χ1n) is 9.18. The minimum Gasteiger partial charge on any atom is -0.460 e. The Hall–Kier alpha value is -2.62. The molecule has 1 saturated carbocycles. The fourth-order valence-electron chi connectivity index (χ4n) is 3.25. The highest BCUT2D eigenvalue weighted by Crippen LogP contribution is 2.48. The summed E-state index contributed by atoms with van der Waals surface area (Å²) in [6.07, 6.45) is -1.71. The lowest BCUT2D eigenvalue weighted by Crippen LogP contribution is -2.26. The summed E-state index contributed by atoms with van der Waals surface area (Å²) in [5, 5.41) is 2.81. The third-order valence-corrected chi connectivity index (χ3v) is 5.89. The maximum absolute atomic E-state index is 12.4. The monoisotopic (exact) mass is 424 g/mol. The molecule has 1 aliphatic rings. The molecule has 29 heavy (non-hydrogen) atoms. The molecule has 0 radical (unpaired) electrons. The highest BCUT2D eigenvalue weighted by atomic mass is 32.1. The van der Waals surface area contributed by atoms with Crippen LogP contribution in [0.4, 0.5) is 13.2 Å². The summed E-state index contributed by atoms with van der Waals surface area (Å²) in [5.74, 6) is 1.28. The fourth-order valence-corrected chi connectivity index (χ4v) is 4.01. The number of alkyl halides is 3. The van der Waals surface area contributed by atoms with Crippen LogP contribution in [0.1, 0.15) is 42.4 Å². The van der Waals surface area contributed by atoms with Crippen LogP contribution >= 0.6 is 11.3 Å². The van der Waals surface area contributed by atoms with Crippen LogP contribution < -0.4 is 10.1 Å². The average molecular weight is 424 g/mol. The Morgan fingerprint density at radius 2 is 2.21 bits per heavy atom. The highest BCUT2D eigenvalue weighted by Gasteiger charge is 2.42. The van der Waals surface area contributed by atoms with Crippen molar-refractivity contribution in [2.24, 2.45) is 5.92 Å². The van der Waals surface area contributed by atoms with Gasteiger partial charge in [0, 0.05) is 18.5 Å². The molecule has 4 rings (SSSR count). The molecule has 1 aliphatic carbocycles. The second-order valence-electron chi connectivity index (χ2n) is 7.17. The van der Waals surface area contributed by atoms with Crippen LogP contribution in [0, 0.1) is 5.92 Å². The van der Waals surface area contributed by atoms with E-state index < -0.39 is 12.8 Å². The number of nitrogens with zero attached hydrogens (tertiary/aromatic N) is 2. The first-order chi connectivity index (χ1) is 13.8. The van der Waals surface area contributed by atoms with Crippen LogP contribution in [0.15, 0.2) is 30.5 Å². The van der Waals surface area contributed by atoms with Gasteiger partial charge in [-0.25, -0.2) is 9.97 Å². The van der Waals surface area contributed by atoms with Crippen LogP contribution in [0.3, 0.4) is 0 Å². The predicted octanol–water partition coefficient (Wildman–Crippen LogP) is 4.33. The molecule has 3 atom stereocenters. The van der Waals surface area contributed by atoms with Gasteiger partial charge in [-0.1, -0.05) is 23.5 Å². The van der Waals surface area contributed by atoms with Gasteiger partial charge in [0.1, 0.15) is 5.82 Å². The third kappa shape index (κ3) is 4.87. The topological polar surface area (TPSA) is 79.9 Å². The number of H-pyrrole nitrogens is 1. The number of imidazole rings is 1. The fraction of sp³-hybridized carbons (Fsp3) is 0.421. The summed E-state index contributed by atoms with van der Waals surface area (Å²) in [6.45, 7) is 0.383. The normalized spacial score (nSPS) is 19.9. The molecule has 10 heteroatoms. The Morgan fingerprint density at radius 1 is 1.41 bits per heavy atom. The van der Waals surface area contributed by atoms with Crippen LogP contribution in [-0.2, 0) is 4.79 Å². The highest BCUT2D eigenvalue weighted by molar-refractivity contribution is 7.13. The average Bonchev–Trinajstić information content (AvgIpc) is 3.08. The minimum absolute atomic E-state index is 0.0643. The van der Waals surface area contributed by atoms with Gasteiger partial charge < -0.3 is 15.0 Å². The van der Waals surface area contributed by atoms with E-state index in [4.69, 9.17) is 0 Å². The first-order valence-corrected chi connectivity index (χ1v) is 9.99. The smallest absolute Gasteiger partial charge is 0.422 e. The Kier molecular flexibility index (Phi) is 5.20. The Balaban J connectivity index is 1.27. The van der Waals surface area contributed by atoms with Crippen molar-refractivity contribution in [1.29, 1.82) is 0 Å². The maximum Gasteiger partial charge on any atom is 0.422 e. The molecule has 2 heterocycles. The number of fused-ring (bicyclic) bond motifs is 1. The molecule has 0 spiro atoms. The molecule has 0 aliphatic heterocycles. The second-order valence-corrected chi connectivity index (χ2v) is 8.19. The zero-order valence-electron chi connectivity index (χ0n) is 15.5. The second kappa shape index (κ2) is 7.66. The lowest BCUT2D eigenvalue weighted by molar-refractivity contribution is -0.153. The number of hydrogen-bond acceptors (Lipinski definition) is 5. The number of halogens is 3. The van der Waals surface area contributed by atoms with Gasteiger partial charge in [-0.2, -0.15) is 13.2 Å². The van der Waals surface area contributed by atoms with E-state index in [9.17, 15) is 18.0 Å². The van der Waals surface area contributed by atoms with Crippen molar-refractivity contribution in [3.8, 4) is 5.19 Å². The van der Waals surface area contributed by atoms with Gasteiger partial charge in [-0.05, 0) is 31.4 Å². The van der Waals surface area contributed by atoms with Crippen LogP contribution in [0.2, 0.25) is 0 Å². The van der Waals surface area contributed by atoms with Gasteiger partial charge in [0.2, 0.25) is 5.91 Å². The van der Waals surface area contributed by atoms with Gasteiger partial charge in [0.15, 0.2) is 6.61 Å². The molecule has 2 aromatic heterocycles. The number of benzene rings is 1. The van der Waals surface area contributed by atoms with Crippen molar-refractivity contribution in [1.82, 2.24) is 20.3 Å². The van der Waals surface area contributed by atoms with E-state index in [0.29, 0.717) is 11.3 Å². The summed E-state index contributed by atoms with van der Waals surface area (Å²) in [5.41, 5.74) is 1.90. The number of thiazole rings is 1. The van der Waals surface area contributed by atoms with Crippen LogP contribution in [-0.4, -0.2) is 33.6 Å². The summed E-state index contributed by atoms with van der Waals surface area (Å²) < 4.78 is 41.3. The van der Waals surface area contributed by atoms with Gasteiger partial charge in [-0.3, -0.25) is 4.79 Å². The number of rotatable bonds is 7. The molecule has 2 N–H and O–H groups in total. The predicted molar refractivity (Wildman–Crippen MR) is 102 cm³/mol. The number of hydrogen-bond donors (Lipinski definition) is 2. The molecule has 0 bridgehead atoms. The van der Waals surface area contributed by atoms with Gasteiger partial charge >= 0.3 is 6.18 Å². The van der Waals surface area contributed by atoms with Crippen molar-refractivity contribution in [3.05, 3.63) is 41.2 Å². The van der Waals surface area contributed by atoms with E-state index in [1.54, 1.807) is 6.92 Å². The molecule has 1 fully saturated rings. The quantitative estimate of drug-likeness (QED) is 0.592. The summed E-state index contributed by atoms with van der Waals surface area (Å²) in [7, 11) is 0. The van der Waals surface area contributed by atoms with Crippen molar-refractivity contribution >= 4 is 28.3 Å². The number of aromatic nitrogens is 3. The lowest BCUT2D eigenvalue weighted by Gasteiger charge is -2.11. The zero-order valence-corrected chi connectivity index (χ0v) is 16.3. The van der Waals surface area contributed by atoms with Crippen LogP contribution in [0.25, 0.3) is 11.0 Å². The first kappa shape index (κ1) is 19.7. The molecular formula is C19H19F3N4O2S. The number of aromatic amines is 1. The van der Waals surface area contributed by atoms with E-state index in [-0.39, 0.29) is 29.0 Å².